The van der Waals surface area contributed by atoms with E-state index in [-0.39, 0.29) is 0 Å². The van der Waals surface area contributed by atoms with Gasteiger partial charge >= 0.3 is 18.0 Å². The molecule has 1 rings (SSSR count). The molecule has 0 aliphatic carbocycles. The number of rotatable bonds is 2. The summed E-state index contributed by atoms with van der Waals surface area (Å²) in [5, 5.41) is 0. The van der Waals surface area contributed by atoms with Crippen molar-refractivity contribution >= 4 is 18.0 Å². The maximum absolute atomic E-state index is 12.2. The number of hydrogen-bond acceptors (Lipinski definition) is 6. The Morgan fingerprint density at radius 1 is 1.15 bits per heavy atom. The van der Waals surface area contributed by atoms with E-state index >= 15 is 0 Å². The SMILES string of the molecule is COC(=O)[C@H]1CCC(OC(C)=O)N1C(=O)OC(C)(C)C. The lowest BCUT2D eigenvalue weighted by atomic mass is 10.2. The first-order valence-corrected chi connectivity index (χ1v) is 6.42. The molecule has 0 aromatic carbocycles. The summed E-state index contributed by atoms with van der Waals surface area (Å²) in [6, 6.07) is -0.792. The van der Waals surface area contributed by atoms with Crippen LogP contribution < -0.4 is 0 Å². The fourth-order valence-electron chi connectivity index (χ4n) is 2.01. The summed E-state index contributed by atoms with van der Waals surface area (Å²) in [5.41, 5.74) is -0.707. The lowest BCUT2D eigenvalue weighted by molar-refractivity contribution is -0.159. The van der Waals surface area contributed by atoms with Crippen molar-refractivity contribution < 1.29 is 28.6 Å². The van der Waals surface area contributed by atoms with Crippen LogP contribution in [-0.4, -0.2) is 47.9 Å². The van der Waals surface area contributed by atoms with Crippen LogP contribution in [0.3, 0.4) is 0 Å². The standard InChI is InChI=1S/C13H21NO6/c1-8(15)19-10-7-6-9(11(16)18-5)14(10)12(17)20-13(2,3)4/h9-10H,6-7H2,1-5H3/t9-,10?/m1/s1. The van der Waals surface area contributed by atoms with Crippen molar-refractivity contribution in [1.29, 1.82) is 0 Å². The molecule has 7 nitrogen and oxygen atoms in total. The molecule has 1 aliphatic rings. The molecule has 2 atom stereocenters. The second kappa shape index (κ2) is 6.11. The van der Waals surface area contributed by atoms with Gasteiger partial charge in [0.2, 0.25) is 0 Å². The number of likely N-dealkylation sites (tertiary alicyclic amines) is 1. The van der Waals surface area contributed by atoms with E-state index in [4.69, 9.17) is 9.47 Å². The molecule has 0 spiro atoms. The molecule has 0 aromatic heterocycles. The first-order valence-electron chi connectivity index (χ1n) is 6.42. The minimum Gasteiger partial charge on any atom is -0.467 e. The van der Waals surface area contributed by atoms with Gasteiger partial charge in [0.15, 0.2) is 6.23 Å². The van der Waals surface area contributed by atoms with Crippen molar-refractivity contribution in [2.75, 3.05) is 7.11 Å². The Bertz CT molecular complexity index is 400. The molecular formula is C13H21NO6. The molecule has 1 amide bonds. The summed E-state index contributed by atoms with van der Waals surface area (Å²) in [7, 11) is 1.24. The quantitative estimate of drug-likeness (QED) is 0.564. The minimum atomic E-state index is -0.800. The van der Waals surface area contributed by atoms with Crippen LogP contribution in [0.5, 0.6) is 0 Å². The minimum absolute atomic E-state index is 0.365. The molecule has 20 heavy (non-hydrogen) atoms. The number of carbonyl (C=O) groups excluding carboxylic acids is 3. The number of carbonyl (C=O) groups is 3. The van der Waals surface area contributed by atoms with Gasteiger partial charge in [0, 0.05) is 13.3 Å². The predicted molar refractivity (Wildman–Crippen MR) is 68.7 cm³/mol. The van der Waals surface area contributed by atoms with E-state index in [0.717, 1.165) is 4.90 Å². The molecule has 0 saturated carbocycles. The summed E-state index contributed by atoms with van der Waals surface area (Å²) in [5.74, 6) is -1.07. The van der Waals surface area contributed by atoms with E-state index in [0.29, 0.717) is 12.8 Å². The van der Waals surface area contributed by atoms with Crippen molar-refractivity contribution in [2.45, 2.75) is 58.4 Å². The van der Waals surface area contributed by atoms with E-state index in [9.17, 15) is 14.4 Å². The number of hydrogen-bond donors (Lipinski definition) is 0. The first kappa shape index (κ1) is 16.3. The van der Waals surface area contributed by atoms with Crippen LogP contribution in [-0.2, 0) is 23.8 Å². The molecule has 1 unspecified atom stereocenters. The van der Waals surface area contributed by atoms with E-state index < -0.39 is 35.9 Å². The maximum Gasteiger partial charge on any atom is 0.413 e. The fraction of sp³-hybridized carbons (Fsp3) is 0.769. The van der Waals surface area contributed by atoms with Gasteiger partial charge in [0.05, 0.1) is 7.11 Å². The molecule has 1 fully saturated rings. The van der Waals surface area contributed by atoms with Crippen LogP contribution in [0, 0.1) is 0 Å². The third-order valence-electron chi connectivity index (χ3n) is 2.71. The van der Waals surface area contributed by atoms with Crippen LogP contribution >= 0.6 is 0 Å². The zero-order valence-corrected chi connectivity index (χ0v) is 12.5. The van der Waals surface area contributed by atoms with Crippen molar-refractivity contribution in [3.63, 3.8) is 0 Å². The van der Waals surface area contributed by atoms with Crippen molar-refractivity contribution in [1.82, 2.24) is 4.90 Å². The Balaban J connectivity index is 2.92. The molecule has 0 bridgehead atoms. The Hall–Kier alpha value is -1.79. The second-order valence-electron chi connectivity index (χ2n) is 5.57. The topological polar surface area (TPSA) is 82.1 Å². The highest BCUT2D eigenvalue weighted by atomic mass is 16.6. The van der Waals surface area contributed by atoms with Gasteiger partial charge in [-0.15, -0.1) is 0 Å². The number of methoxy groups -OCH3 is 1. The van der Waals surface area contributed by atoms with E-state index in [1.54, 1.807) is 20.8 Å². The number of ether oxygens (including phenoxy) is 3. The molecule has 1 heterocycles. The molecule has 1 saturated heterocycles. The van der Waals surface area contributed by atoms with Crippen LogP contribution in [0.2, 0.25) is 0 Å². The van der Waals surface area contributed by atoms with Gasteiger partial charge in [-0.1, -0.05) is 0 Å². The maximum atomic E-state index is 12.2. The largest absolute Gasteiger partial charge is 0.467 e. The molecule has 0 N–H and O–H groups in total. The zero-order valence-electron chi connectivity index (χ0n) is 12.5. The molecule has 1 aliphatic heterocycles. The van der Waals surface area contributed by atoms with Crippen LogP contribution in [0.4, 0.5) is 4.79 Å². The lowest BCUT2D eigenvalue weighted by Gasteiger charge is -2.30. The second-order valence-corrected chi connectivity index (χ2v) is 5.57. The number of amides is 1. The van der Waals surface area contributed by atoms with Gasteiger partial charge in [0.25, 0.3) is 0 Å². The Kier molecular flexibility index (Phi) is 4.97. The summed E-state index contributed by atoms with van der Waals surface area (Å²) in [4.78, 5) is 36.1. The van der Waals surface area contributed by atoms with Crippen LogP contribution in [0.1, 0.15) is 40.5 Å². The summed E-state index contributed by atoms with van der Waals surface area (Å²) < 4.78 is 15.0. The van der Waals surface area contributed by atoms with Gasteiger partial charge in [-0.25, -0.2) is 9.59 Å². The molecule has 0 aromatic rings. The fourth-order valence-corrected chi connectivity index (χ4v) is 2.01. The highest BCUT2D eigenvalue weighted by Gasteiger charge is 2.45. The summed E-state index contributed by atoms with van der Waals surface area (Å²) >= 11 is 0. The predicted octanol–water partition coefficient (Wildman–Crippen LogP) is 1.45. The van der Waals surface area contributed by atoms with Gasteiger partial charge in [-0.3, -0.25) is 9.69 Å². The third-order valence-corrected chi connectivity index (χ3v) is 2.71. The molecule has 114 valence electrons. The van der Waals surface area contributed by atoms with Gasteiger partial charge in [0.1, 0.15) is 11.6 Å². The average Bonchev–Trinajstić information content (AvgIpc) is 2.68. The zero-order chi connectivity index (χ0) is 15.5. The van der Waals surface area contributed by atoms with Crippen molar-refractivity contribution in [3.8, 4) is 0 Å². The normalized spacial score (nSPS) is 22.4. The Morgan fingerprint density at radius 2 is 1.75 bits per heavy atom. The van der Waals surface area contributed by atoms with E-state index in [1.165, 1.54) is 14.0 Å². The van der Waals surface area contributed by atoms with Crippen molar-refractivity contribution in [3.05, 3.63) is 0 Å². The van der Waals surface area contributed by atoms with Crippen LogP contribution in [0.15, 0.2) is 0 Å². The van der Waals surface area contributed by atoms with Gasteiger partial charge < -0.3 is 14.2 Å². The van der Waals surface area contributed by atoms with E-state index in [2.05, 4.69) is 4.74 Å². The Labute approximate surface area is 118 Å². The first-order chi connectivity index (χ1) is 9.15. The Morgan fingerprint density at radius 3 is 2.20 bits per heavy atom. The van der Waals surface area contributed by atoms with Crippen molar-refractivity contribution in [2.24, 2.45) is 0 Å². The number of nitrogens with zero attached hydrogens (tertiary/aromatic N) is 1. The van der Waals surface area contributed by atoms with Gasteiger partial charge in [-0.2, -0.15) is 0 Å². The number of esters is 2. The highest BCUT2D eigenvalue weighted by Crippen LogP contribution is 2.28. The summed E-state index contributed by atoms with van der Waals surface area (Å²) in [6.45, 7) is 6.40. The monoisotopic (exact) mass is 287 g/mol. The molecular weight excluding hydrogens is 266 g/mol. The lowest BCUT2D eigenvalue weighted by Crippen LogP contribution is -2.48. The smallest absolute Gasteiger partial charge is 0.413 e. The summed E-state index contributed by atoms with van der Waals surface area (Å²) in [6.07, 6.45) is -0.759. The van der Waals surface area contributed by atoms with E-state index in [1.807, 2.05) is 0 Å². The highest BCUT2D eigenvalue weighted by molar-refractivity contribution is 5.82. The average molecular weight is 287 g/mol. The van der Waals surface area contributed by atoms with Crippen LogP contribution in [0.25, 0.3) is 0 Å². The molecule has 7 heteroatoms. The molecule has 0 radical (unpaired) electrons. The third kappa shape index (κ3) is 4.11. The van der Waals surface area contributed by atoms with Gasteiger partial charge in [-0.05, 0) is 27.2 Å².